The third kappa shape index (κ3) is 8.60. The van der Waals surface area contributed by atoms with Gasteiger partial charge in [-0.1, -0.05) is 37.0 Å². The van der Waals surface area contributed by atoms with Crippen LogP contribution in [0.1, 0.15) is 19.8 Å². The lowest BCUT2D eigenvalue weighted by molar-refractivity contribution is -0.142. The fraction of sp³-hybridized carbons (Fsp3) is 0.364. The normalized spacial score (nSPS) is 10.8. The maximum absolute atomic E-state index is 10.8. The van der Waals surface area contributed by atoms with Gasteiger partial charge in [0.05, 0.1) is 6.61 Å². The van der Waals surface area contributed by atoms with E-state index in [2.05, 4.69) is 6.58 Å². The highest BCUT2D eigenvalue weighted by Gasteiger charge is 1.96. The summed E-state index contributed by atoms with van der Waals surface area (Å²) in [5.74, 6) is -0.139. The second-order valence-electron chi connectivity index (χ2n) is 2.39. The minimum absolute atomic E-state index is 0.139. The SMILES string of the molecule is C=C/C=C/C=C\CCC(=O)OCC. The molecule has 0 aliphatic heterocycles. The van der Waals surface area contributed by atoms with Crippen molar-refractivity contribution in [2.24, 2.45) is 0 Å². The fourth-order valence-corrected chi connectivity index (χ4v) is 0.752. The van der Waals surface area contributed by atoms with Crippen molar-refractivity contribution in [2.45, 2.75) is 19.8 Å². The van der Waals surface area contributed by atoms with Gasteiger partial charge in [-0.3, -0.25) is 4.79 Å². The van der Waals surface area contributed by atoms with Gasteiger partial charge in [0.15, 0.2) is 0 Å². The molecule has 0 amide bonds. The average Bonchev–Trinajstić information content (AvgIpc) is 2.11. The zero-order valence-corrected chi connectivity index (χ0v) is 8.03. The van der Waals surface area contributed by atoms with E-state index in [1.807, 2.05) is 24.3 Å². The lowest BCUT2D eigenvalue weighted by Gasteiger charge is -1.97. The summed E-state index contributed by atoms with van der Waals surface area (Å²) in [7, 11) is 0. The van der Waals surface area contributed by atoms with Crippen LogP contribution in [-0.4, -0.2) is 12.6 Å². The smallest absolute Gasteiger partial charge is 0.306 e. The van der Waals surface area contributed by atoms with E-state index in [0.29, 0.717) is 13.0 Å². The zero-order valence-electron chi connectivity index (χ0n) is 8.03. The number of carbonyl (C=O) groups is 1. The van der Waals surface area contributed by atoms with Gasteiger partial charge in [0.25, 0.3) is 0 Å². The van der Waals surface area contributed by atoms with Crippen molar-refractivity contribution in [1.82, 2.24) is 0 Å². The Labute approximate surface area is 79.6 Å². The molecule has 0 N–H and O–H groups in total. The summed E-state index contributed by atoms with van der Waals surface area (Å²) in [4.78, 5) is 10.8. The van der Waals surface area contributed by atoms with Crippen LogP contribution in [-0.2, 0) is 9.53 Å². The van der Waals surface area contributed by atoms with Crippen LogP contribution in [0.3, 0.4) is 0 Å². The number of ether oxygens (including phenoxy) is 1. The molecule has 0 fully saturated rings. The van der Waals surface area contributed by atoms with Gasteiger partial charge in [0.1, 0.15) is 0 Å². The molecule has 0 saturated carbocycles. The van der Waals surface area contributed by atoms with Gasteiger partial charge in [-0.2, -0.15) is 0 Å². The van der Waals surface area contributed by atoms with Crippen molar-refractivity contribution >= 4 is 5.97 Å². The van der Waals surface area contributed by atoms with E-state index >= 15 is 0 Å². The van der Waals surface area contributed by atoms with Gasteiger partial charge < -0.3 is 4.74 Å². The molecular formula is C11H16O2. The Morgan fingerprint density at radius 2 is 2.15 bits per heavy atom. The number of allylic oxidation sites excluding steroid dienone is 5. The first-order valence-electron chi connectivity index (χ1n) is 4.41. The molecule has 0 rings (SSSR count). The average molecular weight is 180 g/mol. The highest BCUT2D eigenvalue weighted by Crippen LogP contribution is 1.94. The Bertz CT molecular complexity index is 202. The summed E-state index contributed by atoms with van der Waals surface area (Å²) in [6.45, 7) is 5.80. The maximum atomic E-state index is 10.8. The first-order valence-corrected chi connectivity index (χ1v) is 4.41. The fourth-order valence-electron chi connectivity index (χ4n) is 0.752. The van der Waals surface area contributed by atoms with Gasteiger partial charge in [-0.25, -0.2) is 0 Å². The molecule has 0 spiro atoms. The number of esters is 1. The second kappa shape index (κ2) is 8.78. The molecule has 0 aliphatic rings. The van der Waals surface area contributed by atoms with E-state index in [4.69, 9.17) is 4.74 Å². The van der Waals surface area contributed by atoms with Gasteiger partial charge in [0.2, 0.25) is 0 Å². The Hall–Kier alpha value is -1.31. The van der Waals surface area contributed by atoms with E-state index in [9.17, 15) is 4.79 Å². The second-order valence-corrected chi connectivity index (χ2v) is 2.39. The molecule has 0 aromatic carbocycles. The molecular weight excluding hydrogens is 164 g/mol. The van der Waals surface area contributed by atoms with Crippen LogP contribution in [0.25, 0.3) is 0 Å². The number of carbonyl (C=O) groups excluding carboxylic acids is 1. The molecule has 13 heavy (non-hydrogen) atoms. The number of hydrogen-bond acceptors (Lipinski definition) is 2. The topological polar surface area (TPSA) is 26.3 Å². The standard InChI is InChI=1S/C11H16O2/c1-3-5-6-7-8-9-10-11(12)13-4-2/h3,5-8H,1,4,9-10H2,2H3/b6-5+,8-7-. The van der Waals surface area contributed by atoms with E-state index in [-0.39, 0.29) is 5.97 Å². The number of rotatable bonds is 6. The molecule has 0 unspecified atom stereocenters. The molecule has 0 atom stereocenters. The van der Waals surface area contributed by atoms with Crippen LogP contribution in [0.2, 0.25) is 0 Å². The molecule has 2 heteroatoms. The van der Waals surface area contributed by atoms with Crippen LogP contribution in [0.5, 0.6) is 0 Å². The van der Waals surface area contributed by atoms with Crippen molar-refractivity contribution in [3.8, 4) is 0 Å². The van der Waals surface area contributed by atoms with Crippen molar-refractivity contribution in [3.63, 3.8) is 0 Å². The van der Waals surface area contributed by atoms with Crippen LogP contribution in [0.4, 0.5) is 0 Å². The van der Waals surface area contributed by atoms with E-state index in [0.717, 1.165) is 6.42 Å². The lowest BCUT2D eigenvalue weighted by atomic mass is 10.3. The molecule has 0 aromatic heterocycles. The molecule has 0 aliphatic carbocycles. The molecule has 0 radical (unpaired) electrons. The third-order valence-electron chi connectivity index (χ3n) is 1.31. The summed E-state index contributed by atoms with van der Waals surface area (Å²) in [5, 5.41) is 0. The summed E-state index contributed by atoms with van der Waals surface area (Å²) >= 11 is 0. The Morgan fingerprint density at radius 3 is 2.77 bits per heavy atom. The molecule has 2 nitrogen and oxygen atoms in total. The highest BCUT2D eigenvalue weighted by molar-refractivity contribution is 5.69. The third-order valence-corrected chi connectivity index (χ3v) is 1.31. The first-order chi connectivity index (χ1) is 6.31. The Kier molecular flexibility index (Phi) is 7.90. The predicted molar refractivity (Wildman–Crippen MR) is 54.3 cm³/mol. The first kappa shape index (κ1) is 11.7. The Morgan fingerprint density at radius 1 is 1.38 bits per heavy atom. The van der Waals surface area contributed by atoms with E-state index in [1.54, 1.807) is 13.0 Å². The van der Waals surface area contributed by atoms with Gasteiger partial charge in [-0.05, 0) is 13.3 Å². The highest BCUT2D eigenvalue weighted by atomic mass is 16.5. The number of hydrogen-bond donors (Lipinski definition) is 0. The largest absolute Gasteiger partial charge is 0.466 e. The van der Waals surface area contributed by atoms with Crippen molar-refractivity contribution in [2.75, 3.05) is 6.61 Å². The maximum Gasteiger partial charge on any atom is 0.306 e. The van der Waals surface area contributed by atoms with Crippen LogP contribution < -0.4 is 0 Å². The van der Waals surface area contributed by atoms with Gasteiger partial charge >= 0.3 is 5.97 Å². The van der Waals surface area contributed by atoms with Crippen LogP contribution in [0, 0.1) is 0 Å². The predicted octanol–water partition coefficient (Wildman–Crippen LogP) is 2.63. The van der Waals surface area contributed by atoms with Gasteiger partial charge in [-0.15, -0.1) is 0 Å². The minimum Gasteiger partial charge on any atom is -0.466 e. The van der Waals surface area contributed by atoms with Crippen molar-refractivity contribution in [3.05, 3.63) is 37.0 Å². The summed E-state index contributed by atoms with van der Waals surface area (Å²) < 4.78 is 4.76. The quantitative estimate of drug-likeness (QED) is 0.464. The van der Waals surface area contributed by atoms with Crippen molar-refractivity contribution < 1.29 is 9.53 Å². The molecule has 0 saturated heterocycles. The minimum atomic E-state index is -0.139. The molecule has 72 valence electrons. The Balaban J connectivity index is 3.43. The molecule has 0 heterocycles. The summed E-state index contributed by atoms with van der Waals surface area (Å²) in [6, 6.07) is 0. The molecule has 0 aromatic rings. The van der Waals surface area contributed by atoms with Crippen LogP contribution in [0.15, 0.2) is 37.0 Å². The van der Waals surface area contributed by atoms with Gasteiger partial charge in [0, 0.05) is 6.42 Å². The van der Waals surface area contributed by atoms with E-state index < -0.39 is 0 Å². The monoisotopic (exact) mass is 180 g/mol. The van der Waals surface area contributed by atoms with Crippen LogP contribution >= 0.6 is 0 Å². The van der Waals surface area contributed by atoms with Crippen molar-refractivity contribution in [1.29, 1.82) is 0 Å². The summed E-state index contributed by atoms with van der Waals surface area (Å²) in [6.07, 6.45) is 10.4. The van der Waals surface area contributed by atoms with E-state index in [1.165, 1.54) is 0 Å². The lowest BCUT2D eigenvalue weighted by Crippen LogP contribution is -2.02. The summed E-state index contributed by atoms with van der Waals surface area (Å²) in [5.41, 5.74) is 0. The zero-order chi connectivity index (χ0) is 9.94. The molecule has 0 bridgehead atoms.